The average molecular weight is 127 g/mol. The summed E-state index contributed by atoms with van der Waals surface area (Å²) in [5, 5.41) is 11.2. The van der Waals surface area contributed by atoms with E-state index in [-0.39, 0.29) is 0 Å². The first-order valence-electron chi connectivity index (χ1n) is 2.93. The number of aliphatic carboxylic acids is 1. The Hall–Kier alpha value is -0.830. The van der Waals surface area contributed by atoms with Crippen molar-refractivity contribution in [2.45, 2.75) is 12.5 Å². The molecule has 3 nitrogen and oxygen atoms in total. The Kier molecular flexibility index (Phi) is 1.85. The van der Waals surface area contributed by atoms with Crippen LogP contribution in [0.4, 0.5) is 0 Å². The van der Waals surface area contributed by atoms with E-state index in [1.165, 1.54) is 6.08 Å². The van der Waals surface area contributed by atoms with Crippen molar-refractivity contribution in [3.05, 3.63) is 12.2 Å². The molecule has 1 heterocycles. The van der Waals surface area contributed by atoms with E-state index in [0.717, 1.165) is 13.0 Å². The highest BCUT2D eigenvalue weighted by molar-refractivity contribution is 5.79. The van der Waals surface area contributed by atoms with Gasteiger partial charge in [0, 0.05) is 12.1 Å². The molecular formula is C6H9NO2. The van der Waals surface area contributed by atoms with Gasteiger partial charge >= 0.3 is 5.97 Å². The number of nitrogens with one attached hydrogen (secondary N) is 1. The lowest BCUT2D eigenvalue weighted by atomic mass is 10.1. The Morgan fingerprint density at radius 2 is 2.44 bits per heavy atom. The molecule has 1 fully saturated rings. The summed E-state index contributed by atoms with van der Waals surface area (Å²) in [4.78, 5) is 9.93. The highest BCUT2D eigenvalue weighted by Gasteiger charge is 2.11. The SMILES string of the molecule is O=C(O)/C=C/[C@H]1CCN1. The van der Waals surface area contributed by atoms with Crippen molar-refractivity contribution >= 4 is 5.97 Å². The Bertz CT molecular complexity index is 138. The lowest BCUT2D eigenvalue weighted by Gasteiger charge is -2.23. The zero-order valence-corrected chi connectivity index (χ0v) is 5.00. The van der Waals surface area contributed by atoms with Gasteiger partial charge in [0.15, 0.2) is 0 Å². The fourth-order valence-corrected chi connectivity index (χ4v) is 0.674. The Morgan fingerprint density at radius 1 is 1.78 bits per heavy atom. The highest BCUT2D eigenvalue weighted by atomic mass is 16.4. The van der Waals surface area contributed by atoms with Crippen molar-refractivity contribution < 1.29 is 9.90 Å². The molecule has 0 saturated carbocycles. The second-order valence-electron chi connectivity index (χ2n) is 2.05. The third-order valence-electron chi connectivity index (χ3n) is 1.33. The van der Waals surface area contributed by atoms with Crippen LogP contribution in [0, 0.1) is 0 Å². The van der Waals surface area contributed by atoms with Crippen molar-refractivity contribution in [2.24, 2.45) is 0 Å². The van der Waals surface area contributed by atoms with Gasteiger partial charge in [-0.15, -0.1) is 0 Å². The lowest BCUT2D eigenvalue weighted by molar-refractivity contribution is -0.131. The summed E-state index contributed by atoms with van der Waals surface area (Å²) in [7, 11) is 0. The van der Waals surface area contributed by atoms with Crippen molar-refractivity contribution in [1.82, 2.24) is 5.32 Å². The maximum atomic E-state index is 9.93. The first-order chi connectivity index (χ1) is 4.29. The molecule has 1 aliphatic heterocycles. The zero-order chi connectivity index (χ0) is 6.69. The van der Waals surface area contributed by atoms with Crippen molar-refractivity contribution in [2.75, 3.05) is 6.54 Å². The van der Waals surface area contributed by atoms with Crippen LogP contribution in [0.1, 0.15) is 6.42 Å². The standard InChI is InChI=1S/C6H9NO2/c8-6(9)2-1-5-3-4-7-5/h1-2,5,7H,3-4H2,(H,8,9)/b2-1+/t5-/m0/s1. The zero-order valence-electron chi connectivity index (χ0n) is 5.00. The number of carboxylic acids is 1. The molecule has 3 heteroatoms. The molecule has 1 saturated heterocycles. The minimum absolute atomic E-state index is 0.307. The van der Waals surface area contributed by atoms with Crippen LogP contribution < -0.4 is 5.32 Å². The molecule has 0 bridgehead atoms. The first kappa shape index (κ1) is 6.29. The molecule has 0 aromatic rings. The van der Waals surface area contributed by atoms with Crippen molar-refractivity contribution in [1.29, 1.82) is 0 Å². The van der Waals surface area contributed by atoms with Gasteiger partial charge in [-0.05, 0) is 13.0 Å². The van der Waals surface area contributed by atoms with E-state index in [2.05, 4.69) is 5.32 Å². The van der Waals surface area contributed by atoms with Gasteiger partial charge in [-0.1, -0.05) is 6.08 Å². The maximum Gasteiger partial charge on any atom is 0.328 e. The van der Waals surface area contributed by atoms with Crippen LogP contribution in [0.3, 0.4) is 0 Å². The summed E-state index contributed by atoms with van der Waals surface area (Å²) >= 11 is 0. The third kappa shape index (κ3) is 1.85. The van der Waals surface area contributed by atoms with E-state index in [9.17, 15) is 4.79 Å². The molecule has 50 valence electrons. The normalized spacial score (nSPS) is 26.0. The molecule has 0 amide bonds. The van der Waals surface area contributed by atoms with Crippen LogP contribution in [-0.4, -0.2) is 23.7 Å². The summed E-state index contributed by atoms with van der Waals surface area (Å²) in [6.07, 6.45) is 3.91. The molecule has 0 unspecified atom stereocenters. The Morgan fingerprint density at radius 3 is 2.78 bits per heavy atom. The van der Waals surface area contributed by atoms with E-state index in [0.29, 0.717) is 6.04 Å². The Labute approximate surface area is 53.4 Å². The smallest absolute Gasteiger partial charge is 0.328 e. The van der Waals surface area contributed by atoms with Crippen LogP contribution in [0.5, 0.6) is 0 Å². The molecule has 0 aromatic heterocycles. The second-order valence-corrected chi connectivity index (χ2v) is 2.05. The van der Waals surface area contributed by atoms with E-state index >= 15 is 0 Å². The molecule has 9 heavy (non-hydrogen) atoms. The fourth-order valence-electron chi connectivity index (χ4n) is 0.674. The van der Waals surface area contributed by atoms with Crippen LogP contribution in [0.25, 0.3) is 0 Å². The minimum atomic E-state index is -0.872. The molecule has 1 atom stereocenters. The summed E-state index contributed by atoms with van der Waals surface area (Å²) in [5.41, 5.74) is 0. The molecule has 0 aliphatic carbocycles. The topological polar surface area (TPSA) is 49.3 Å². The van der Waals surface area contributed by atoms with Crippen LogP contribution in [0.2, 0.25) is 0 Å². The fraction of sp³-hybridized carbons (Fsp3) is 0.500. The second kappa shape index (κ2) is 2.64. The number of carbonyl (C=O) groups is 1. The van der Waals surface area contributed by atoms with Gasteiger partial charge in [0.1, 0.15) is 0 Å². The summed E-state index contributed by atoms with van der Waals surface area (Å²) in [5.74, 6) is -0.872. The van der Waals surface area contributed by atoms with E-state index in [1.807, 2.05) is 0 Å². The largest absolute Gasteiger partial charge is 0.478 e. The maximum absolute atomic E-state index is 9.93. The lowest BCUT2D eigenvalue weighted by Crippen LogP contribution is -2.41. The van der Waals surface area contributed by atoms with Crippen molar-refractivity contribution in [3.63, 3.8) is 0 Å². The van der Waals surface area contributed by atoms with E-state index in [4.69, 9.17) is 5.11 Å². The van der Waals surface area contributed by atoms with Gasteiger partial charge in [0.2, 0.25) is 0 Å². The molecule has 2 N–H and O–H groups in total. The van der Waals surface area contributed by atoms with Crippen LogP contribution in [-0.2, 0) is 4.79 Å². The Balaban J connectivity index is 2.22. The first-order valence-corrected chi connectivity index (χ1v) is 2.93. The van der Waals surface area contributed by atoms with Crippen LogP contribution in [0.15, 0.2) is 12.2 Å². The number of rotatable bonds is 2. The molecule has 0 radical (unpaired) electrons. The van der Waals surface area contributed by atoms with Gasteiger partial charge < -0.3 is 10.4 Å². The molecule has 0 aromatic carbocycles. The molecule has 0 spiro atoms. The predicted octanol–water partition coefficient (Wildman–Crippen LogP) is -0.0109. The molecule has 1 rings (SSSR count). The van der Waals surface area contributed by atoms with Gasteiger partial charge in [0.05, 0.1) is 0 Å². The monoisotopic (exact) mass is 127 g/mol. The minimum Gasteiger partial charge on any atom is -0.478 e. The quantitative estimate of drug-likeness (QED) is 0.513. The number of hydrogen-bond donors (Lipinski definition) is 2. The van der Waals surface area contributed by atoms with Gasteiger partial charge in [0.25, 0.3) is 0 Å². The van der Waals surface area contributed by atoms with Gasteiger partial charge in [-0.3, -0.25) is 0 Å². The molecule has 1 aliphatic rings. The third-order valence-corrected chi connectivity index (χ3v) is 1.33. The predicted molar refractivity (Wildman–Crippen MR) is 33.2 cm³/mol. The van der Waals surface area contributed by atoms with Crippen LogP contribution >= 0.6 is 0 Å². The average Bonchev–Trinajstić information content (AvgIpc) is 1.60. The van der Waals surface area contributed by atoms with Gasteiger partial charge in [-0.25, -0.2) is 4.79 Å². The van der Waals surface area contributed by atoms with Gasteiger partial charge in [-0.2, -0.15) is 0 Å². The van der Waals surface area contributed by atoms with E-state index < -0.39 is 5.97 Å². The summed E-state index contributed by atoms with van der Waals surface area (Å²) in [6, 6.07) is 0.307. The number of carboxylic acid groups (broad SMARTS) is 1. The van der Waals surface area contributed by atoms with Crippen molar-refractivity contribution in [3.8, 4) is 0 Å². The molecular weight excluding hydrogens is 118 g/mol. The highest BCUT2D eigenvalue weighted by Crippen LogP contribution is 2.01. The summed E-state index contributed by atoms with van der Waals surface area (Å²) in [6.45, 7) is 1.01. The van der Waals surface area contributed by atoms with E-state index in [1.54, 1.807) is 6.08 Å². The number of hydrogen-bond acceptors (Lipinski definition) is 2. The summed E-state index contributed by atoms with van der Waals surface area (Å²) < 4.78 is 0.